The van der Waals surface area contributed by atoms with E-state index in [0.717, 1.165) is 5.56 Å². The van der Waals surface area contributed by atoms with E-state index in [9.17, 15) is 14.0 Å². The number of amides is 2. The number of benzene rings is 3. The van der Waals surface area contributed by atoms with E-state index >= 15 is 0 Å². The molecule has 2 amide bonds. The van der Waals surface area contributed by atoms with Gasteiger partial charge in [0.15, 0.2) is 11.5 Å². The molecule has 2 N–H and O–H groups in total. The molecule has 0 heterocycles. The molecular weight excluding hydrogens is 567 g/mol. The summed E-state index contributed by atoms with van der Waals surface area (Å²) in [6, 6.07) is 16.2. The summed E-state index contributed by atoms with van der Waals surface area (Å²) in [5, 5.41) is 15.2. The smallest absolute Gasteiger partial charge is 0.329 e. The second kappa shape index (κ2) is 13.4. The van der Waals surface area contributed by atoms with Gasteiger partial charge in [-0.1, -0.05) is 29.8 Å². The SMILES string of the molecule is CCOc1cc(/C=N/NC(=O)C(=O)Nc2ccc(CC#N)cc2)cc(Br)c1OCc1c(F)cccc1Cl. The maximum atomic E-state index is 14.1. The zero-order valence-corrected chi connectivity index (χ0v) is 21.9. The van der Waals surface area contributed by atoms with Crippen LogP contribution in [0, 0.1) is 17.1 Å². The summed E-state index contributed by atoms with van der Waals surface area (Å²) >= 11 is 9.49. The Morgan fingerprint density at radius 3 is 2.59 bits per heavy atom. The van der Waals surface area contributed by atoms with Crippen molar-refractivity contribution in [2.24, 2.45) is 5.10 Å². The first-order valence-electron chi connectivity index (χ1n) is 10.9. The number of nitriles is 1. The number of rotatable bonds is 9. The number of halogens is 3. The number of hydrazone groups is 1. The molecule has 190 valence electrons. The van der Waals surface area contributed by atoms with Crippen LogP contribution in [0.25, 0.3) is 0 Å². The van der Waals surface area contributed by atoms with Crippen LogP contribution < -0.4 is 20.2 Å². The van der Waals surface area contributed by atoms with Crippen molar-refractivity contribution in [3.05, 3.63) is 86.6 Å². The van der Waals surface area contributed by atoms with Crippen LogP contribution >= 0.6 is 27.5 Å². The number of nitrogens with zero attached hydrogens (tertiary/aromatic N) is 2. The van der Waals surface area contributed by atoms with Gasteiger partial charge in [0, 0.05) is 11.3 Å². The van der Waals surface area contributed by atoms with Gasteiger partial charge in [-0.2, -0.15) is 10.4 Å². The van der Waals surface area contributed by atoms with Crippen LogP contribution in [0.2, 0.25) is 5.02 Å². The second-order valence-corrected chi connectivity index (χ2v) is 8.70. The zero-order valence-electron chi connectivity index (χ0n) is 19.6. The van der Waals surface area contributed by atoms with Crippen molar-refractivity contribution in [1.82, 2.24) is 5.43 Å². The van der Waals surface area contributed by atoms with Crippen molar-refractivity contribution in [3.8, 4) is 17.6 Å². The third-order valence-corrected chi connectivity index (χ3v) is 5.78. The highest BCUT2D eigenvalue weighted by molar-refractivity contribution is 9.10. The van der Waals surface area contributed by atoms with Gasteiger partial charge in [-0.25, -0.2) is 9.82 Å². The highest BCUT2D eigenvalue weighted by Crippen LogP contribution is 2.37. The molecule has 0 aromatic heterocycles. The topological polar surface area (TPSA) is 113 Å². The van der Waals surface area contributed by atoms with Gasteiger partial charge in [0.1, 0.15) is 12.4 Å². The fourth-order valence-corrected chi connectivity index (χ4v) is 3.87. The molecule has 0 bridgehead atoms. The molecule has 0 radical (unpaired) electrons. The molecule has 8 nitrogen and oxygen atoms in total. The van der Waals surface area contributed by atoms with Crippen molar-refractivity contribution in [1.29, 1.82) is 5.26 Å². The monoisotopic (exact) mass is 586 g/mol. The summed E-state index contributed by atoms with van der Waals surface area (Å²) in [4.78, 5) is 24.2. The third-order valence-electron chi connectivity index (χ3n) is 4.84. The molecule has 0 fully saturated rings. The Hall–Kier alpha value is -3.94. The number of anilines is 1. The lowest BCUT2D eigenvalue weighted by Gasteiger charge is -2.15. The molecule has 3 rings (SSSR count). The largest absolute Gasteiger partial charge is 0.490 e. The maximum absolute atomic E-state index is 14.1. The van der Waals surface area contributed by atoms with Crippen LogP contribution in [0.1, 0.15) is 23.6 Å². The van der Waals surface area contributed by atoms with Gasteiger partial charge >= 0.3 is 11.8 Å². The molecule has 0 aliphatic rings. The number of hydrogen-bond acceptors (Lipinski definition) is 6. The Labute approximate surface area is 226 Å². The van der Waals surface area contributed by atoms with Crippen LogP contribution in [-0.4, -0.2) is 24.6 Å². The number of hydrogen-bond donors (Lipinski definition) is 2. The Morgan fingerprint density at radius 1 is 1.16 bits per heavy atom. The quantitative estimate of drug-likeness (QED) is 0.198. The van der Waals surface area contributed by atoms with Gasteiger partial charge in [0.25, 0.3) is 0 Å². The van der Waals surface area contributed by atoms with Crippen molar-refractivity contribution < 1.29 is 23.5 Å². The van der Waals surface area contributed by atoms with E-state index in [4.69, 9.17) is 26.3 Å². The molecule has 0 aliphatic carbocycles. The second-order valence-electron chi connectivity index (χ2n) is 7.44. The summed E-state index contributed by atoms with van der Waals surface area (Å²) < 4.78 is 26.0. The van der Waals surface area contributed by atoms with Crippen LogP contribution in [0.3, 0.4) is 0 Å². The highest BCUT2D eigenvalue weighted by Gasteiger charge is 2.16. The molecule has 3 aromatic rings. The third kappa shape index (κ3) is 7.77. The predicted octanol–water partition coefficient (Wildman–Crippen LogP) is 5.37. The van der Waals surface area contributed by atoms with Crippen molar-refractivity contribution in [2.75, 3.05) is 11.9 Å². The van der Waals surface area contributed by atoms with Gasteiger partial charge in [-0.15, -0.1) is 0 Å². The van der Waals surface area contributed by atoms with Crippen molar-refractivity contribution in [2.45, 2.75) is 20.0 Å². The predicted molar refractivity (Wildman–Crippen MR) is 141 cm³/mol. The number of ether oxygens (including phenoxy) is 2. The fraction of sp³-hybridized carbons (Fsp3) is 0.154. The van der Waals surface area contributed by atoms with E-state index < -0.39 is 17.6 Å². The van der Waals surface area contributed by atoms with Crippen LogP contribution in [0.5, 0.6) is 11.5 Å². The first-order valence-corrected chi connectivity index (χ1v) is 12.1. The number of carbonyl (C=O) groups excluding carboxylic acids is 2. The number of nitrogens with one attached hydrogen (secondary N) is 2. The first kappa shape index (κ1) is 27.6. The summed E-state index contributed by atoms with van der Waals surface area (Å²) in [7, 11) is 0. The Kier molecular flexibility index (Phi) is 10.0. The lowest BCUT2D eigenvalue weighted by Crippen LogP contribution is -2.32. The minimum absolute atomic E-state index is 0.121. The van der Waals surface area contributed by atoms with Crippen LogP contribution in [-0.2, 0) is 22.6 Å². The molecule has 0 unspecified atom stereocenters. The molecule has 0 saturated carbocycles. The standard InChI is InChI=1S/C26H21BrClFN4O4/c1-2-36-23-13-17(12-20(27)24(23)37-15-19-21(28)4-3-5-22(19)29)14-31-33-26(35)25(34)32-18-8-6-16(7-9-18)10-11-30/h3-9,12-14H,2,10,15H2,1H3,(H,32,34)(H,33,35)/b31-14+. The molecule has 0 saturated heterocycles. The van der Waals surface area contributed by atoms with Crippen molar-refractivity contribution in [3.63, 3.8) is 0 Å². The van der Waals surface area contributed by atoms with E-state index in [1.165, 1.54) is 18.3 Å². The Balaban J connectivity index is 1.65. The number of carbonyl (C=O) groups is 2. The van der Waals surface area contributed by atoms with Crippen LogP contribution in [0.15, 0.2) is 64.2 Å². The molecule has 37 heavy (non-hydrogen) atoms. The van der Waals surface area contributed by atoms with E-state index in [0.29, 0.717) is 33.8 Å². The summed E-state index contributed by atoms with van der Waals surface area (Å²) in [6.45, 7) is 2.00. The zero-order chi connectivity index (χ0) is 26.8. The van der Waals surface area contributed by atoms with Gasteiger partial charge in [0.2, 0.25) is 0 Å². The summed E-state index contributed by atoms with van der Waals surface area (Å²) in [6.07, 6.45) is 1.57. The fourth-order valence-electron chi connectivity index (χ4n) is 3.08. The van der Waals surface area contributed by atoms with E-state index in [2.05, 4.69) is 31.8 Å². The molecule has 11 heteroatoms. The highest BCUT2D eigenvalue weighted by atomic mass is 79.9. The molecular formula is C26H21BrClFN4O4. The van der Waals surface area contributed by atoms with Gasteiger partial charge in [0.05, 0.1) is 34.8 Å². The minimum Gasteiger partial charge on any atom is -0.490 e. The lowest BCUT2D eigenvalue weighted by molar-refractivity contribution is -0.136. The minimum atomic E-state index is -0.969. The van der Waals surface area contributed by atoms with E-state index in [1.807, 2.05) is 6.07 Å². The van der Waals surface area contributed by atoms with Crippen molar-refractivity contribution >= 4 is 51.2 Å². The lowest BCUT2D eigenvalue weighted by atomic mass is 10.1. The molecule has 0 aliphatic heterocycles. The first-order chi connectivity index (χ1) is 17.8. The molecule has 0 atom stereocenters. The van der Waals surface area contributed by atoms with Gasteiger partial charge in [-0.05, 0) is 70.4 Å². The average Bonchev–Trinajstić information content (AvgIpc) is 2.86. The summed E-state index contributed by atoms with van der Waals surface area (Å²) in [5.74, 6) is -1.67. The van der Waals surface area contributed by atoms with Gasteiger partial charge in [-0.3, -0.25) is 9.59 Å². The normalized spacial score (nSPS) is 10.6. The summed E-state index contributed by atoms with van der Waals surface area (Å²) in [5.41, 5.74) is 4.10. The maximum Gasteiger partial charge on any atom is 0.329 e. The Morgan fingerprint density at radius 2 is 1.92 bits per heavy atom. The van der Waals surface area contributed by atoms with Gasteiger partial charge < -0.3 is 14.8 Å². The van der Waals surface area contributed by atoms with Crippen LogP contribution in [0.4, 0.5) is 10.1 Å². The Bertz CT molecular complexity index is 1340. The van der Waals surface area contributed by atoms with E-state index in [1.54, 1.807) is 49.4 Å². The molecule has 3 aromatic carbocycles. The average molecular weight is 588 g/mol. The van der Waals surface area contributed by atoms with E-state index in [-0.39, 0.29) is 23.6 Å². The molecule has 0 spiro atoms.